The molecule has 5 heteroatoms. The summed E-state index contributed by atoms with van der Waals surface area (Å²) in [6, 6.07) is 5.10. The molecule has 0 bridgehead atoms. The summed E-state index contributed by atoms with van der Waals surface area (Å²) in [4.78, 5) is 14.5. The fraction of sp³-hybridized carbons (Fsp3) is 0.533. The molecule has 1 aliphatic rings. The molecule has 1 aromatic rings. The summed E-state index contributed by atoms with van der Waals surface area (Å²) in [6.45, 7) is 4.87. The lowest BCUT2D eigenvalue weighted by Crippen LogP contribution is -2.40. The number of amides is 1. The first-order valence-electron chi connectivity index (χ1n) is 7.05. The Morgan fingerprint density at radius 3 is 3.00 bits per heavy atom. The first-order chi connectivity index (χ1) is 9.65. The van der Waals surface area contributed by atoms with Crippen LogP contribution in [0.5, 0.6) is 11.5 Å². The number of hydrogen-bond acceptors (Lipinski definition) is 4. The number of carbonyl (C=O) groups is 1. The molecule has 2 rings (SSSR count). The molecule has 1 atom stereocenters. The summed E-state index contributed by atoms with van der Waals surface area (Å²) < 4.78 is 5.00. The molecule has 1 saturated heterocycles. The molecular formula is C15H22N2O3. The molecule has 0 spiro atoms. The van der Waals surface area contributed by atoms with Gasteiger partial charge >= 0.3 is 0 Å². The number of benzene rings is 1. The van der Waals surface area contributed by atoms with Gasteiger partial charge in [0.05, 0.1) is 12.7 Å². The fourth-order valence-corrected chi connectivity index (χ4v) is 2.68. The van der Waals surface area contributed by atoms with Crippen LogP contribution in [-0.4, -0.2) is 48.7 Å². The van der Waals surface area contributed by atoms with E-state index in [4.69, 9.17) is 4.74 Å². The molecule has 1 amide bonds. The van der Waals surface area contributed by atoms with Crippen LogP contribution in [0.25, 0.3) is 0 Å². The number of carbonyl (C=O) groups excluding carboxylic acids is 1. The third-order valence-electron chi connectivity index (χ3n) is 3.85. The van der Waals surface area contributed by atoms with Crippen molar-refractivity contribution in [3.05, 3.63) is 23.8 Å². The summed E-state index contributed by atoms with van der Waals surface area (Å²) in [5, 5.41) is 12.7. The van der Waals surface area contributed by atoms with Crippen LogP contribution in [0.3, 0.4) is 0 Å². The van der Waals surface area contributed by atoms with E-state index in [1.807, 2.05) is 0 Å². The van der Waals surface area contributed by atoms with Crippen LogP contribution in [0.1, 0.15) is 30.1 Å². The number of phenols is 1. The normalized spacial score (nSPS) is 19.0. The Balaban J connectivity index is 1.95. The largest absolute Gasteiger partial charge is 0.507 e. The van der Waals surface area contributed by atoms with Crippen LogP contribution in [0.2, 0.25) is 0 Å². The van der Waals surface area contributed by atoms with Crippen molar-refractivity contribution in [1.29, 1.82) is 0 Å². The van der Waals surface area contributed by atoms with E-state index in [-0.39, 0.29) is 17.2 Å². The van der Waals surface area contributed by atoms with E-state index in [0.717, 1.165) is 19.5 Å². The lowest BCUT2D eigenvalue weighted by atomic mass is 10.1. The predicted octanol–water partition coefficient (Wildman–Crippen LogP) is 1.61. The van der Waals surface area contributed by atoms with Gasteiger partial charge in [-0.2, -0.15) is 0 Å². The molecule has 0 saturated carbocycles. The average molecular weight is 278 g/mol. The van der Waals surface area contributed by atoms with Gasteiger partial charge in [-0.05, 0) is 38.1 Å². The highest BCUT2D eigenvalue weighted by Crippen LogP contribution is 2.23. The second kappa shape index (κ2) is 6.61. The van der Waals surface area contributed by atoms with Crippen molar-refractivity contribution < 1.29 is 14.6 Å². The Labute approximate surface area is 119 Å². The number of likely N-dealkylation sites (N-methyl/N-ethyl adjacent to an activating group) is 1. The quantitative estimate of drug-likeness (QED) is 0.859. The number of methoxy groups -OCH3 is 1. The van der Waals surface area contributed by atoms with E-state index < -0.39 is 0 Å². The third kappa shape index (κ3) is 3.22. The Bertz CT molecular complexity index is 476. The van der Waals surface area contributed by atoms with Gasteiger partial charge in [-0.15, -0.1) is 0 Å². The summed E-state index contributed by atoms with van der Waals surface area (Å²) in [6.07, 6.45) is 2.30. The van der Waals surface area contributed by atoms with Crippen molar-refractivity contribution in [2.75, 3.05) is 26.7 Å². The second-order valence-corrected chi connectivity index (χ2v) is 5.02. The van der Waals surface area contributed by atoms with Crippen LogP contribution in [0.4, 0.5) is 0 Å². The van der Waals surface area contributed by atoms with E-state index in [9.17, 15) is 9.90 Å². The molecule has 0 radical (unpaired) electrons. The maximum atomic E-state index is 12.1. The maximum absolute atomic E-state index is 12.1. The highest BCUT2D eigenvalue weighted by Gasteiger charge is 2.23. The Morgan fingerprint density at radius 2 is 2.35 bits per heavy atom. The van der Waals surface area contributed by atoms with Gasteiger partial charge in [-0.25, -0.2) is 0 Å². The van der Waals surface area contributed by atoms with E-state index in [2.05, 4.69) is 17.1 Å². The van der Waals surface area contributed by atoms with Crippen molar-refractivity contribution in [3.8, 4) is 11.5 Å². The lowest BCUT2D eigenvalue weighted by Gasteiger charge is -2.22. The number of hydrogen-bond donors (Lipinski definition) is 2. The van der Waals surface area contributed by atoms with Gasteiger partial charge in [-0.3, -0.25) is 9.69 Å². The van der Waals surface area contributed by atoms with Crippen molar-refractivity contribution >= 4 is 5.91 Å². The Morgan fingerprint density at radius 1 is 1.55 bits per heavy atom. The van der Waals surface area contributed by atoms with Gasteiger partial charge in [0.2, 0.25) is 0 Å². The number of rotatable bonds is 5. The SMILES string of the molecule is CCN1CCC[C@@H]1CNC(=O)c1ccc(OC)cc1O. The number of nitrogens with zero attached hydrogens (tertiary/aromatic N) is 1. The Kier molecular flexibility index (Phi) is 4.84. The molecule has 1 aliphatic heterocycles. The molecule has 2 N–H and O–H groups in total. The van der Waals surface area contributed by atoms with Crippen LogP contribution >= 0.6 is 0 Å². The van der Waals surface area contributed by atoms with Gasteiger partial charge in [0, 0.05) is 18.7 Å². The van der Waals surface area contributed by atoms with Crippen LogP contribution < -0.4 is 10.1 Å². The molecule has 1 fully saturated rings. The lowest BCUT2D eigenvalue weighted by molar-refractivity contribution is 0.0938. The molecular weight excluding hydrogens is 256 g/mol. The number of likely N-dealkylation sites (tertiary alicyclic amines) is 1. The standard InChI is InChI=1S/C15H22N2O3/c1-3-17-8-4-5-11(17)10-16-15(19)13-7-6-12(20-2)9-14(13)18/h6-7,9,11,18H,3-5,8,10H2,1-2H3,(H,16,19)/t11-/m1/s1. The van der Waals surface area contributed by atoms with Gasteiger partial charge in [0.1, 0.15) is 11.5 Å². The minimum atomic E-state index is -0.242. The number of phenolic OH excluding ortho intramolecular Hbond substituents is 1. The summed E-state index contributed by atoms with van der Waals surface area (Å²) in [7, 11) is 1.52. The third-order valence-corrected chi connectivity index (χ3v) is 3.85. The highest BCUT2D eigenvalue weighted by molar-refractivity contribution is 5.97. The van der Waals surface area contributed by atoms with Gasteiger partial charge in [0.15, 0.2) is 0 Å². The minimum Gasteiger partial charge on any atom is -0.507 e. The minimum absolute atomic E-state index is 0.0550. The predicted molar refractivity (Wildman–Crippen MR) is 77.3 cm³/mol. The van der Waals surface area contributed by atoms with Crippen LogP contribution in [-0.2, 0) is 0 Å². The molecule has 1 heterocycles. The molecule has 5 nitrogen and oxygen atoms in total. The molecule has 0 aliphatic carbocycles. The van der Waals surface area contributed by atoms with Crippen molar-refractivity contribution in [3.63, 3.8) is 0 Å². The summed E-state index contributed by atoms with van der Waals surface area (Å²) in [5.41, 5.74) is 0.284. The summed E-state index contributed by atoms with van der Waals surface area (Å²) >= 11 is 0. The van der Waals surface area contributed by atoms with Crippen molar-refractivity contribution in [2.45, 2.75) is 25.8 Å². The van der Waals surface area contributed by atoms with Gasteiger partial charge < -0.3 is 15.2 Å². The average Bonchev–Trinajstić information content (AvgIpc) is 2.92. The van der Waals surface area contributed by atoms with Crippen molar-refractivity contribution in [2.24, 2.45) is 0 Å². The zero-order valence-electron chi connectivity index (χ0n) is 12.1. The van der Waals surface area contributed by atoms with Gasteiger partial charge in [0.25, 0.3) is 5.91 Å². The second-order valence-electron chi connectivity index (χ2n) is 5.02. The van der Waals surface area contributed by atoms with E-state index in [1.54, 1.807) is 12.1 Å². The van der Waals surface area contributed by atoms with Crippen molar-refractivity contribution in [1.82, 2.24) is 10.2 Å². The number of nitrogens with one attached hydrogen (secondary N) is 1. The van der Waals surface area contributed by atoms with E-state index in [0.29, 0.717) is 18.3 Å². The zero-order valence-corrected chi connectivity index (χ0v) is 12.1. The topological polar surface area (TPSA) is 61.8 Å². The van der Waals surface area contributed by atoms with Crippen LogP contribution in [0, 0.1) is 0 Å². The maximum Gasteiger partial charge on any atom is 0.255 e. The molecule has 110 valence electrons. The molecule has 20 heavy (non-hydrogen) atoms. The highest BCUT2D eigenvalue weighted by atomic mass is 16.5. The van der Waals surface area contributed by atoms with E-state index >= 15 is 0 Å². The first kappa shape index (κ1) is 14.7. The smallest absolute Gasteiger partial charge is 0.255 e. The van der Waals surface area contributed by atoms with Crippen LogP contribution in [0.15, 0.2) is 18.2 Å². The van der Waals surface area contributed by atoms with E-state index in [1.165, 1.54) is 19.6 Å². The zero-order chi connectivity index (χ0) is 14.5. The summed E-state index contributed by atoms with van der Waals surface area (Å²) in [5.74, 6) is 0.237. The first-order valence-corrected chi connectivity index (χ1v) is 7.05. The van der Waals surface area contributed by atoms with Gasteiger partial charge in [-0.1, -0.05) is 6.92 Å². The molecule has 0 unspecified atom stereocenters. The number of ether oxygens (including phenoxy) is 1. The monoisotopic (exact) mass is 278 g/mol. The molecule has 1 aromatic carbocycles. The Hall–Kier alpha value is -1.75. The fourth-order valence-electron chi connectivity index (χ4n) is 2.68. The molecule has 0 aromatic heterocycles. The number of aromatic hydroxyl groups is 1.